The number of carbonyl (C=O) groups excluding carboxylic acids is 1. The molecule has 5 heteroatoms. The van der Waals surface area contributed by atoms with E-state index in [9.17, 15) is 18.0 Å². The molecule has 0 saturated carbocycles. The molecule has 15 heavy (non-hydrogen) atoms. The molecule has 0 N–H and O–H groups in total. The number of hydrogen-bond acceptors (Lipinski definition) is 2. The fourth-order valence-electron chi connectivity index (χ4n) is 1.09. The van der Waals surface area contributed by atoms with Crippen LogP contribution in [0.4, 0.5) is 13.2 Å². The molecule has 1 aromatic heterocycles. The lowest BCUT2D eigenvalue weighted by Gasteiger charge is -2.03. The Morgan fingerprint density at radius 1 is 1.40 bits per heavy atom. The van der Waals surface area contributed by atoms with E-state index in [1.165, 1.54) is 11.3 Å². The Bertz CT molecular complexity index is 346. The second-order valence-corrected chi connectivity index (χ2v) is 4.64. The van der Waals surface area contributed by atoms with Gasteiger partial charge in [-0.1, -0.05) is 0 Å². The molecule has 0 aromatic carbocycles. The van der Waals surface area contributed by atoms with Crippen molar-refractivity contribution in [3.63, 3.8) is 0 Å². The van der Waals surface area contributed by atoms with Crippen LogP contribution < -0.4 is 0 Å². The molecule has 0 fully saturated rings. The quantitative estimate of drug-likeness (QED) is 0.727. The third-order valence-corrected chi connectivity index (χ3v) is 3.27. The maximum Gasteiger partial charge on any atom is 0.389 e. The molecule has 1 heterocycles. The lowest BCUT2D eigenvalue weighted by molar-refractivity contribution is -0.133. The molecule has 0 aliphatic rings. The summed E-state index contributed by atoms with van der Waals surface area (Å²) in [5, 5.41) is 0. The first-order valence-electron chi connectivity index (χ1n) is 4.46. The molecule has 1 aromatic rings. The molecule has 0 amide bonds. The summed E-state index contributed by atoms with van der Waals surface area (Å²) in [6.07, 6.45) is -5.75. The van der Waals surface area contributed by atoms with Gasteiger partial charge in [0.2, 0.25) is 0 Å². The van der Waals surface area contributed by atoms with Crippen molar-refractivity contribution in [3.8, 4) is 0 Å². The fraction of sp³-hybridized carbons (Fsp3) is 0.500. The first-order chi connectivity index (χ1) is 6.79. The van der Waals surface area contributed by atoms with Crippen LogP contribution in [0.3, 0.4) is 0 Å². The van der Waals surface area contributed by atoms with Gasteiger partial charge in [-0.25, -0.2) is 0 Å². The second-order valence-electron chi connectivity index (χ2n) is 3.39. The van der Waals surface area contributed by atoms with E-state index in [0.29, 0.717) is 4.88 Å². The Morgan fingerprint density at radius 2 is 2.00 bits per heavy atom. The number of thiophene rings is 1. The molecule has 0 radical (unpaired) electrons. The maximum absolute atomic E-state index is 11.9. The van der Waals surface area contributed by atoms with Gasteiger partial charge in [-0.05, 0) is 25.5 Å². The van der Waals surface area contributed by atoms with E-state index in [0.717, 1.165) is 10.4 Å². The predicted octanol–water partition coefficient (Wildman–Crippen LogP) is 3.89. The summed E-state index contributed by atoms with van der Waals surface area (Å²) in [4.78, 5) is 12.8. The normalized spacial score (nSPS) is 11.8. The zero-order chi connectivity index (χ0) is 11.6. The molecule has 0 bridgehead atoms. The molecule has 84 valence electrons. The summed E-state index contributed by atoms with van der Waals surface area (Å²) in [5.41, 5.74) is 0.954. The van der Waals surface area contributed by atoms with E-state index >= 15 is 0 Å². The van der Waals surface area contributed by atoms with Crippen LogP contribution in [-0.2, 0) is 0 Å². The molecule has 0 spiro atoms. The van der Waals surface area contributed by atoms with Crippen LogP contribution in [-0.4, -0.2) is 12.0 Å². The van der Waals surface area contributed by atoms with Crippen molar-refractivity contribution < 1.29 is 18.0 Å². The van der Waals surface area contributed by atoms with Gasteiger partial charge in [0.15, 0.2) is 5.78 Å². The Kier molecular flexibility index (Phi) is 3.54. The van der Waals surface area contributed by atoms with Gasteiger partial charge >= 0.3 is 6.18 Å². The summed E-state index contributed by atoms with van der Waals surface area (Å²) < 4.78 is 35.6. The predicted molar refractivity (Wildman–Crippen MR) is 53.4 cm³/mol. The zero-order valence-corrected chi connectivity index (χ0v) is 9.26. The van der Waals surface area contributed by atoms with Crippen LogP contribution >= 0.6 is 11.3 Å². The van der Waals surface area contributed by atoms with Crippen LogP contribution in [0.1, 0.15) is 33.0 Å². The van der Waals surface area contributed by atoms with Gasteiger partial charge in [-0.2, -0.15) is 13.2 Å². The van der Waals surface area contributed by atoms with Gasteiger partial charge in [0.1, 0.15) is 0 Å². The lowest BCUT2D eigenvalue weighted by Crippen LogP contribution is -2.10. The Labute approximate surface area is 89.9 Å². The third-order valence-electron chi connectivity index (χ3n) is 2.08. The standard InChI is InChI=1S/C10H11F3OS/c1-6-5-9(15-7(6)2)8(14)3-4-10(11,12)13/h5H,3-4H2,1-2H3. The van der Waals surface area contributed by atoms with E-state index in [4.69, 9.17) is 0 Å². The number of carbonyl (C=O) groups is 1. The van der Waals surface area contributed by atoms with Crippen LogP contribution in [0.25, 0.3) is 0 Å². The van der Waals surface area contributed by atoms with Gasteiger partial charge in [0, 0.05) is 11.3 Å². The molecule has 1 rings (SSSR count). The Balaban J connectivity index is 2.62. The fourth-order valence-corrected chi connectivity index (χ4v) is 2.09. The largest absolute Gasteiger partial charge is 0.389 e. The molecule has 0 saturated heterocycles. The number of halogens is 3. The SMILES string of the molecule is Cc1cc(C(=O)CCC(F)(F)F)sc1C. The average Bonchev–Trinajstić information content (AvgIpc) is 2.42. The minimum atomic E-state index is -4.25. The van der Waals surface area contributed by atoms with Crippen LogP contribution in [0.5, 0.6) is 0 Å². The summed E-state index contributed by atoms with van der Waals surface area (Å²) in [6.45, 7) is 3.69. The van der Waals surface area contributed by atoms with Gasteiger partial charge in [0.05, 0.1) is 11.3 Å². The van der Waals surface area contributed by atoms with Crippen molar-refractivity contribution >= 4 is 17.1 Å². The monoisotopic (exact) mass is 236 g/mol. The average molecular weight is 236 g/mol. The van der Waals surface area contributed by atoms with Gasteiger partial charge < -0.3 is 0 Å². The molecule has 0 atom stereocenters. The number of hydrogen-bond donors (Lipinski definition) is 0. The highest BCUT2D eigenvalue weighted by molar-refractivity contribution is 7.14. The van der Waals surface area contributed by atoms with E-state index in [-0.39, 0.29) is 0 Å². The Morgan fingerprint density at radius 3 is 2.40 bits per heavy atom. The van der Waals surface area contributed by atoms with Crippen LogP contribution in [0.15, 0.2) is 6.07 Å². The highest BCUT2D eigenvalue weighted by Crippen LogP contribution is 2.26. The number of rotatable bonds is 3. The van der Waals surface area contributed by atoms with E-state index in [1.54, 1.807) is 6.07 Å². The molecule has 0 aliphatic carbocycles. The van der Waals surface area contributed by atoms with E-state index < -0.39 is 24.8 Å². The highest BCUT2D eigenvalue weighted by Gasteiger charge is 2.28. The lowest BCUT2D eigenvalue weighted by atomic mass is 10.1. The van der Waals surface area contributed by atoms with Gasteiger partial charge in [-0.15, -0.1) is 11.3 Å². The second kappa shape index (κ2) is 4.35. The minimum Gasteiger partial charge on any atom is -0.293 e. The molecule has 0 aliphatic heterocycles. The zero-order valence-electron chi connectivity index (χ0n) is 8.44. The van der Waals surface area contributed by atoms with Crippen molar-refractivity contribution in [1.82, 2.24) is 0 Å². The molecular formula is C10H11F3OS. The smallest absolute Gasteiger partial charge is 0.293 e. The van der Waals surface area contributed by atoms with E-state index in [1.807, 2.05) is 13.8 Å². The van der Waals surface area contributed by atoms with Gasteiger partial charge in [0.25, 0.3) is 0 Å². The number of Topliss-reactive ketones (excluding diaryl/α,β-unsaturated/α-hetero) is 1. The minimum absolute atomic E-state index is 0.423. The molecule has 1 nitrogen and oxygen atoms in total. The highest BCUT2D eigenvalue weighted by atomic mass is 32.1. The summed E-state index contributed by atoms with van der Waals surface area (Å²) in [7, 11) is 0. The van der Waals surface area contributed by atoms with Crippen molar-refractivity contribution in [2.24, 2.45) is 0 Å². The van der Waals surface area contributed by atoms with Crippen LogP contribution in [0.2, 0.25) is 0 Å². The van der Waals surface area contributed by atoms with Crippen molar-refractivity contribution in [2.75, 3.05) is 0 Å². The third kappa shape index (κ3) is 3.66. The number of aryl methyl sites for hydroxylation is 2. The summed E-state index contributed by atoms with van der Waals surface area (Å²) in [6, 6.07) is 1.65. The van der Waals surface area contributed by atoms with E-state index in [2.05, 4.69) is 0 Å². The number of ketones is 1. The first kappa shape index (κ1) is 12.2. The summed E-state index contributed by atoms with van der Waals surface area (Å²) in [5.74, 6) is -0.423. The topological polar surface area (TPSA) is 17.1 Å². The molecular weight excluding hydrogens is 225 g/mol. The first-order valence-corrected chi connectivity index (χ1v) is 5.28. The van der Waals surface area contributed by atoms with Crippen molar-refractivity contribution in [3.05, 3.63) is 21.4 Å². The Hall–Kier alpha value is -0.840. The maximum atomic E-state index is 11.9. The molecule has 0 unspecified atom stereocenters. The van der Waals surface area contributed by atoms with Crippen molar-refractivity contribution in [2.45, 2.75) is 32.9 Å². The van der Waals surface area contributed by atoms with Gasteiger partial charge in [-0.3, -0.25) is 4.79 Å². The van der Waals surface area contributed by atoms with Crippen LogP contribution in [0, 0.1) is 13.8 Å². The summed E-state index contributed by atoms with van der Waals surface area (Å²) >= 11 is 1.26. The number of alkyl halides is 3. The van der Waals surface area contributed by atoms with Crippen molar-refractivity contribution in [1.29, 1.82) is 0 Å².